The van der Waals surface area contributed by atoms with Crippen molar-refractivity contribution in [3.8, 4) is 0 Å². The standard InChI is InChI=1S/C12H15N5O3/c1-2-8-15-11(13)10-12(16-8)17(5-14-10)9-3-6(19)7(4-18)20-9/h2,5-7,9,18-19H,1,3-4H2,(H2,13,15,16)/t6-,7+,9+/m0/s1. The molecule has 4 N–H and O–H groups in total. The molecule has 2 aromatic heterocycles. The average molecular weight is 277 g/mol. The van der Waals surface area contributed by atoms with Gasteiger partial charge in [-0.05, 0) is 6.08 Å². The minimum atomic E-state index is -0.722. The number of imidazole rings is 1. The van der Waals surface area contributed by atoms with Gasteiger partial charge in [-0.25, -0.2) is 15.0 Å². The van der Waals surface area contributed by atoms with Crippen LogP contribution in [0.2, 0.25) is 0 Å². The molecule has 0 bridgehead atoms. The fraction of sp³-hybridized carbons (Fsp3) is 0.417. The molecule has 1 fully saturated rings. The summed E-state index contributed by atoms with van der Waals surface area (Å²) in [5.74, 6) is 0.662. The Bertz CT molecular complexity index is 656. The van der Waals surface area contributed by atoms with Crippen molar-refractivity contribution < 1.29 is 14.9 Å². The van der Waals surface area contributed by atoms with Crippen LogP contribution in [-0.4, -0.2) is 48.5 Å². The van der Waals surface area contributed by atoms with Gasteiger partial charge in [0.15, 0.2) is 17.3 Å². The molecule has 1 aliphatic heterocycles. The lowest BCUT2D eigenvalue weighted by molar-refractivity contribution is -0.0432. The van der Waals surface area contributed by atoms with E-state index < -0.39 is 18.4 Å². The molecule has 0 aliphatic carbocycles. The summed E-state index contributed by atoms with van der Waals surface area (Å²) >= 11 is 0. The van der Waals surface area contributed by atoms with Crippen LogP contribution in [0.4, 0.5) is 5.82 Å². The van der Waals surface area contributed by atoms with Crippen LogP contribution >= 0.6 is 0 Å². The van der Waals surface area contributed by atoms with Crippen LogP contribution in [0.5, 0.6) is 0 Å². The van der Waals surface area contributed by atoms with Gasteiger partial charge in [0.2, 0.25) is 0 Å². The second-order valence-corrected chi connectivity index (χ2v) is 4.61. The highest BCUT2D eigenvalue weighted by molar-refractivity contribution is 5.82. The molecule has 8 nitrogen and oxygen atoms in total. The van der Waals surface area contributed by atoms with E-state index in [2.05, 4.69) is 21.5 Å². The highest BCUT2D eigenvalue weighted by Gasteiger charge is 2.35. The maximum Gasteiger partial charge on any atom is 0.168 e. The first-order valence-electron chi connectivity index (χ1n) is 6.21. The monoisotopic (exact) mass is 277 g/mol. The number of ether oxygens (including phenoxy) is 1. The SMILES string of the molecule is C=Cc1nc(N)c2ncn([C@H]3C[C@H](O)[C@@H](CO)O3)c2n1. The summed E-state index contributed by atoms with van der Waals surface area (Å²) < 4.78 is 7.26. The summed E-state index contributed by atoms with van der Waals surface area (Å²) in [5, 5.41) is 18.9. The first-order chi connectivity index (χ1) is 9.63. The molecule has 8 heteroatoms. The second-order valence-electron chi connectivity index (χ2n) is 4.61. The third kappa shape index (κ3) is 1.94. The van der Waals surface area contributed by atoms with Crippen LogP contribution in [0.3, 0.4) is 0 Å². The molecule has 20 heavy (non-hydrogen) atoms. The first-order valence-corrected chi connectivity index (χ1v) is 6.21. The third-order valence-electron chi connectivity index (χ3n) is 3.34. The van der Waals surface area contributed by atoms with Gasteiger partial charge in [-0.3, -0.25) is 4.57 Å². The van der Waals surface area contributed by atoms with Crippen molar-refractivity contribution in [3.05, 3.63) is 18.7 Å². The molecule has 1 aliphatic rings. The smallest absolute Gasteiger partial charge is 0.168 e. The van der Waals surface area contributed by atoms with Gasteiger partial charge in [0.05, 0.1) is 19.0 Å². The van der Waals surface area contributed by atoms with Crippen LogP contribution in [0.15, 0.2) is 12.9 Å². The van der Waals surface area contributed by atoms with Crippen molar-refractivity contribution in [1.29, 1.82) is 0 Å². The van der Waals surface area contributed by atoms with Gasteiger partial charge in [0.1, 0.15) is 17.8 Å². The first kappa shape index (κ1) is 13.0. The van der Waals surface area contributed by atoms with E-state index in [0.29, 0.717) is 23.4 Å². The Hall–Kier alpha value is -2.03. The minimum Gasteiger partial charge on any atom is -0.394 e. The van der Waals surface area contributed by atoms with Crippen LogP contribution in [-0.2, 0) is 4.74 Å². The number of nitrogens with zero attached hydrogens (tertiary/aromatic N) is 4. The van der Waals surface area contributed by atoms with Crippen molar-refractivity contribution >= 4 is 23.1 Å². The average Bonchev–Trinajstić information content (AvgIpc) is 3.01. The Balaban J connectivity index is 2.04. The molecule has 0 aromatic carbocycles. The topological polar surface area (TPSA) is 119 Å². The number of hydrogen-bond acceptors (Lipinski definition) is 7. The minimum absolute atomic E-state index is 0.237. The van der Waals surface area contributed by atoms with Gasteiger partial charge in [-0.1, -0.05) is 6.58 Å². The Morgan fingerprint density at radius 2 is 2.35 bits per heavy atom. The summed E-state index contributed by atoms with van der Waals surface area (Å²) in [6.45, 7) is 3.38. The van der Waals surface area contributed by atoms with Crippen LogP contribution in [0.1, 0.15) is 18.5 Å². The fourth-order valence-corrected chi connectivity index (χ4v) is 2.31. The zero-order chi connectivity index (χ0) is 14.3. The van der Waals surface area contributed by atoms with Crippen LogP contribution in [0.25, 0.3) is 17.2 Å². The lowest BCUT2D eigenvalue weighted by atomic mass is 10.2. The van der Waals surface area contributed by atoms with E-state index in [1.54, 1.807) is 10.9 Å². The summed E-state index contributed by atoms with van der Waals surface area (Å²) in [7, 11) is 0. The predicted octanol–water partition coefficient (Wildman–Crippen LogP) is -0.308. The number of aliphatic hydroxyl groups excluding tert-OH is 2. The number of aliphatic hydroxyl groups is 2. The zero-order valence-electron chi connectivity index (χ0n) is 10.7. The molecule has 3 atom stereocenters. The van der Waals surface area contributed by atoms with Crippen molar-refractivity contribution in [2.45, 2.75) is 24.9 Å². The van der Waals surface area contributed by atoms with E-state index in [9.17, 15) is 5.11 Å². The molecular formula is C12H15N5O3. The number of anilines is 1. The Morgan fingerprint density at radius 1 is 1.55 bits per heavy atom. The summed E-state index contributed by atoms with van der Waals surface area (Å²) in [6.07, 6.45) is 1.62. The predicted molar refractivity (Wildman–Crippen MR) is 71.4 cm³/mol. The fourth-order valence-electron chi connectivity index (χ4n) is 2.31. The van der Waals surface area contributed by atoms with E-state index >= 15 is 0 Å². The third-order valence-corrected chi connectivity index (χ3v) is 3.34. The Kier molecular flexibility index (Phi) is 3.13. The molecule has 0 unspecified atom stereocenters. The second kappa shape index (κ2) is 4.82. The maximum absolute atomic E-state index is 9.79. The lowest BCUT2D eigenvalue weighted by Gasteiger charge is -2.13. The van der Waals surface area contributed by atoms with E-state index in [0.717, 1.165) is 0 Å². The number of aromatic nitrogens is 4. The Morgan fingerprint density at radius 3 is 3.00 bits per heavy atom. The zero-order valence-corrected chi connectivity index (χ0v) is 10.7. The maximum atomic E-state index is 9.79. The highest BCUT2D eigenvalue weighted by atomic mass is 16.5. The molecule has 106 valence electrons. The molecule has 1 saturated heterocycles. The molecule has 0 amide bonds. The summed E-state index contributed by atoms with van der Waals surface area (Å²) in [5.41, 5.74) is 6.81. The van der Waals surface area contributed by atoms with Gasteiger partial charge < -0.3 is 20.7 Å². The van der Waals surface area contributed by atoms with Crippen molar-refractivity contribution in [2.24, 2.45) is 0 Å². The van der Waals surface area contributed by atoms with Crippen LogP contribution in [0, 0.1) is 0 Å². The van der Waals surface area contributed by atoms with E-state index in [1.165, 1.54) is 6.08 Å². The molecule has 3 heterocycles. The number of fused-ring (bicyclic) bond motifs is 1. The number of hydrogen-bond donors (Lipinski definition) is 3. The largest absolute Gasteiger partial charge is 0.394 e. The normalized spacial score (nSPS) is 26.2. The quantitative estimate of drug-likeness (QED) is 0.704. The lowest BCUT2D eigenvalue weighted by Crippen LogP contribution is -2.24. The van der Waals surface area contributed by atoms with Gasteiger partial charge in [-0.15, -0.1) is 0 Å². The van der Waals surface area contributed by atoms with E-state index in [-0.39, 0.29) is 12.4 Å². The molecule has 0 radical (unpaired) electrons. The van der Waals surface area contributed by atoms with E-state index in [4.69, 9.17) is 15.6 Å². The molecule has 3 rings (SSSR count). The van der Waals surface area contributed by atoms with Gasteiger partial charge >= 0.3 is 0 Å². The van der Waals surface area contributed by atoms with Gasteiger partial charge in [0.25, 0.3) is 0 Å². The number of nitrogens with two attached hydrogens (primary N) is 1. The van der Waals surface area contributed by atoms with Gasteiger partial charge in [-0.2, -0.15) is 0 Å². The molecular weight excluding hydrogens is 262 g/mol. The van der Waals surface area contributed by atoms with Gasteiger partial charge in [0, 0.05) is 6.42 Å². The molecule has 0 spiro atoms. The summed E-state index contributed by atoms with van der Waals surface area (Å²) in [4.78, 5) is 12.5. The number of nitrogen functional groups attached to an aromatic ring is 1. The van der Waals surface area contributed by atoms with Crippen molar-refractivity contribution in [2.75, 3.05) is 12.3 Å². The summed E-state index contributed by atoms with van der Waals surface area (Å²) in [6, 6.07) is 0. The Labute approximate surface area is 114 Å². The highest BCUT2D eigenvalue weighted by Crippen LogP contribution is 2.31. The molecule has 2 aromatic rings. The van der Waals surface area contributed by atoms with Crippen molar-refractivity contribution in [3.63, 3.8) is 0 Å². The van der Waals surface area contributed by atoms with Crippen LogP contribution < -0.4 is 5.73 Å². The number of rotatable bonds is 3. The van der Waals surface area contributed by atoms with Crippen molar-refractivity contribution in [1.82, 2.24) is 19.5 Å². The van der Waals surface area contributed by atoms with E-state index in [1.807, 2.05) is 0 Å². The molecule has 0 saturated carbocycles.